The van der Waals surface area contributed by atoms with Crippen LogP contribution in [0.3, 0.4) is 0 Å². The third kappa shape index (κ3) is 5.48. The molecule has 17 heavy (non-hydrogen) atoms. The molecule has 2 nitrogen and oxygen atoms in total. The highest BCUT2D eigenvalue weighted by Gasteiger charge is 1.98. The molecule has 0 fully saturated rings. The van der Waals surface area contributed by atoms with Gasteiger partial charge in [0.25, 0.3) is 0 Å². The molecule has 0 heterocycles. The number of methoxy groups -OCH3 is 1. The summed E-state index contributed by atoms with van der Waals surface area (Å²) >= 11 is 3.56. The predicted octanol–water partition coefficient (Wildman–Crippen LogP) is 3.48. The van der Waals surface area contributed by atoms with E-state index in [2.05, 4.69) is 52.4 Å². The van der Waals surface area contributed by atoms with E-state index in [-0.39, 0.29) is 0 Å². The summed E-state index contributed by atoms with van der Waals surface area (Å²) in [5.41, 5.74) is 2.63. The van der Waals surface area contributed by atoms with Crippen molar-refractivity contribution in [2.45, 2.75) is 13.3 Å². The summed E-state index contributed by atoms with van der Waals surface area (Å²) in [5.74, 6) is 0. The molecular weight excluding hydrogens is 278 g/mol. The zero-order chi connectivity index (χ0) is 12.5. The maximum atomic E-state index is 5.01. The molecule has 0 aliphatic heterocycles. The van der Waals surface area contributed by atoms with Crippen molar-refractivity contribution in [3.63, 3.8) is 0 Å². The first-order valence-corrected chi connectivity index (χ1v) is 6.70. The van der Waals surface area contributed by atoms with E-state index < -0.39 is 0 Å². The maximum absolute atomic E-state index is 5.01. The smallest absolute Gasteiger partial charge is 0.0587 e. The zero-order valence-electron chi connectivity index (χ0n) is 10.5. The molecule has 0 bridgehead atoms. The molecule has 0 aliphatic rings. The van der Waals surface area contributed by atoms with E-state index in [0.29, 0.717) is 0 Å². The molecule has 0 unspecified atom stereocenters. The van der Waals surface area contributed by atoms with E-state index in [1.807, 2.05) is 6.07 Å². The Labute approximate surface area is 112 Å². The maximum Gasteiger partial charge on any atom is 0.0587 e. The van der Waals surface area contributed by atoms with Crippen LogP contribution in [0, 0.1) is 0 Å². The van der Waals surface area contributed by atoms with Crippen LogP contribution >= 0.6 is 15.9 Å². The monoisotopic (exact) mass is 297 g/mol. The fraction of sp³-hybridized carbons (Fsp3) is 0.429. The Morgan fingerprint density at radius 2 is 2.18 bits per heavy atom. The van der Waals surface area contributed by atoms with Crippen molar-refractivity contribution >= 4 is 22.0 Å². The molecule has 1 N–H and O–H groups in total. The first-order valence-electron chi connectivity index (χ1n) is 5.91. The number of benzene rings is 1. The minimum atomic E-state index is 0.756. The second-order valence-electron chi connectivity index (χ2n) is 3.85. The summed E-state index contributed by atoms with van der Waals surface area (Å²) in [7, 11) is 1.72. The normalized spacial score (nSPS) is 11.8. The van der Waals surface area contributed by atoms with Gasteiger partial charge in [0.05, 0.1) is 6.61 Å². The van der Waals surface area contributed by atoms with E-state index in [4.69, 9.17) is 4.74 Å². The predicted molar refractivity (Wildman–Crippen MR) is 77.2 cm³/mol. The van der Waals surface area contributed by atoms with Crippen LogP contribution in [0.5, 0.6) is 0 Å². The molecular formula is C14H20BrNO. The van der Waals surface area contributed by atoms with Crippen molar-refractivity contribution in [2.24, 2.45) is 0 Å². The highest BCUT2D eigenvalue weighted by Crippen LogP contribution is 2.19. The van der Waals surface area contributed by atoms with Crippen LogP contribution in [-0.2, 0) is 4.74 Å². The van der Waals surface area contributed by atoms with Crippen LogP contribution in [0.15, 0.2) is 34.3 Å². The fourth-order valence-corrected chi connectivity index (χ4v) is 1.91. The Hall–Kier alpha value is -0.640. The zero-order valence-corrected chi connectivity index (χ0v) is 12.1. The molecule has 94 valence electrons. The van der Waals surface area contributed by atoms with Crippen LogP contribution < -0.4 is 5.32 Å². The standard InChI is InChI=1S/C14H20BrNO/c1-3-12(11-16-8-9-17-2)10-13-6-4-5-7-14(13)15/h4-7,10,16H,3,8-9,11H2,1-2H3. The molecule has 1 aromatic carbocycles. The van der Waals surface area contributed by atoms with Gasteiger partial charge >= 0.3 is 0 Å². The van der Waals surface area contributed by atoms with E-state index >= 15 is 0 Å². The van der Waals surface area contributed by atoms with Crippen molar-refractivity contribution < 1.29 is 4.74 Å². The third-order valence-corrected chi connectivity index (χ3v) is 3.28. The van der Waals surface area contributed by atoms with Crippen LogP contribution in [0.2, 0.25) is 0 Å². The average molecular weight is 298 g/mol. The second-order valence-corrected chi connectivity index (χ2v) is 4.70. The van der Waals surface area contributed by atoms with Crippen molar-refractivity contribution in [3.05, 3.63) is 39.9 Å². The lowest BCUT2D eigenvalue weighted by atomic mass is 10.1. The minimum Gasteiger partial charge on any atom is -0.383 e. The molecule has 0 aliphatic carbocycles. The Morgan fingerprint density at radius 3 is 2.82 bits per heavy atom. The quantitative estimate of drug-likeness (QED) is 0.778. The highest BCUT2D eigenvalue weighted by atomic mass is 79.9. The lowest BCUT2D eigenvalue weighted by Crippen LogP contribution is -2.21. The van der Waals surface area contributed by atoms with Crippen LogP contribution in [0.4, 0.5) is 0 Å². The number of nitrogens with one attached hydrogen (secondary N) is 1. The topological polar surface area (TPSA) is 21.3 Å². The molecule has 1 aromatic rings. The molecule has 0 amide bonds. The van der Waals surface area contributed by atoms with Gasteiger partial charge in [-0.1, -0.05) is 52.7 Å². The van der Waals surface area contributed by atoms with Gasteiger partial charge in [0.2, 0.25) is 0 Å². The minimum absolute atomic E-state index is 0.756. The van der Waals surface area contributed by atoms with Gasteiger partial charge in [-0.3, -0.25) is 0 Å². The Bertz CT molecular complexity index is 363. The Morgan fingerprint density at radius 1 is 1.41 bits per heavy atom. The molecule has 3 heteroatoms. The summed E-state index contributed by atoms with van der Waals surface area (Å²) in [5, 5.41) is 3.37. The van der Waals surface area contributed by atoms with Gasteiger partial charge in [-0.25, -0.2) is 0 Å². The molecule has 0 spiro atoms. The first kappa shape index (κ1) is 14.4. The third-order valence-electron chi connectivity index (χ3n) is 2.55. The number of halogens is 1. The van der Waals surface area contributed by atoms with Gasteiger partial charge in [-0.2, -0.15) is 0 Å². The van der Waals surface area contributed by atoms with Gasteiger partial charge < -0.3 is 10.1 Å². The number of rotatable bonds is 7. The average Bonchev–Trinajstić information content (AvgIpc) is 2.35. The molecule has 0 radical (unpaired) electrons. The molecule has 0 aromatic heterocycles. The van der Waals surface area contributed by atoms with Gasteiger partial charge in [0.1, 0.15) is 0 Å². The van der Waals surface area contributed by atoms with E-state index in [0.717, 1.165) is 30.6 Å². The summed E-state index contributed by atoms with van der Waals surface area (Å²) in [4.78, 5) is 0. The van der Waals surface area contributed by atoms with Crippen LogP contribution in [0.1, 0.15) is 18.9 Å². The van der Waals surface area contributed by atoms with Crippen molar-refractivity contribution in [1.82, 2.24) is 5.32 Å². The second kappa shape index (κ2) is 8.45. The number of hydrogen-bond donors (Lipinski definition) is 1. The van der Waals surface area contributed by atoms with E-state index in [1.165, 1.54) is 11.1 Å². The largest absolute Gasteiger partial charge is 0.383 e. The van der Waals surface area contributed by atoms with Crippen LogP contribution in [0.25, 0.3) is 6.08 Å². The fourth-order valence-electron chi connectivity index (χ4n) is 1.51. The summed E-state index contributed by atoms with van der Waals surface area (Å²) in [6.07, 6.45) is 3.30. The summed E-state index contributed by atoms with van der Waals surface area (Å²) in [6.45, 7) is 4.75. The van der Waals surface area contributed by atoms with Crippen molar-refractivity contribution in [3.8, 4) is 0 Å². The Kier molecular flexibility index (Phi) is 7.17. The van der Waals surface area contributed by atoms with Gasteiger partial charge in [-0.15, -0.1) is 0 Å². The van der Waals surface area contributed by atoms with Crippen molar-refractivity contribution in [2.75, 3.05) is 26.8 Å². The SMILES string of the molecule is CCC(=Cc1ccccc1Br)CNCCOC. The van der Waals surface area contributed by atoms with Gasteiger partial charge in [0.15, 0.2) is 0 Å². The number of hydrogen-bond acceptors (Lipinski definition) is 2. The number of ether oxygens (including phenoxy) is 1. The Balaban J connectivity index is 2.57. The van der Waals surface area contributed by atoms with E-state index in [9.17, 15) is 0 Å². The summed E-state index contributed by atoms with van der Waals surface area (Å²) in [6, 6.07) is 8.28. The molecule has 0 saturated carbocycles. The summed E-state index contributed by atoms with van der Waals surface area (Å²) < 4.78 is 6.15. The van der Waals surface area contributed by atoms with Gasteiger partial charge in [-0.05, 0) is 18.1 Å². The molecule has 0 saturated heterocycles. The lowest BCUT2D eigenvalue weighted by Gasteiger charge is -2.08. The highest BCUT2D eigenvalue weighted by molar-refractivity contribution is 9.10. The molecule has 1 rings (SSSR count). The van der Waals surface area contributed by atoms with Crippen LogP contribution in [-0.4, -0.2) is 26.8 Å². The van der Waals surface area contributed by atoms with Gasteiger partial charge in [0, 0.05) is 24.7 Å². The first-order chi connectivity index (χ1) is 8.27. The molecule has 0 atom stereocenters. The van der Waals surface area contributed by atoms with E-state index in [1.54, 1.807) is 7.11 Å². The van der Waals surface area contributed by atoms with Crippen molar-refractivity contribution in [1.29, 1.82) is 0 Å². The lowest BCUT2D eigenvalue weighted by molar-refractivity contribution is 0.200.